The predicted molar refractivity (Wildman–Crippen MR) is 66.3 cm³/mol. The van der Waals surface area contributed by atoms with Crippen LogP contribution in [0.3, 0.4) is 0 Å². The third kappa shape index (κ3) is 7.68. The Bertz CT molecular complexity index is 176. The van der Waals surface area contributed by atoms with E-state index in [1.54, 1.807) is 0 Å². The predicted octanol–water partition coefficient (Wildman–Crippen LogP) is 1.92. The van der Waals surface area contributed by atoms with E-state index < -0.39 is 0 Å². The van der Waals surface area contributed by atoms with E-state index in [9.17, 15) is 4.79 Å². The average Bonchev–Trinajstić information content (AvgIpc) is 2.23. The maximum Gasteiger partial charge on any atom is 0.309 e. The summed E-state index contributed by atoms with van der Waals surface area (Å²) in [6, 6.07) is 0.467. The summed E-state index contributed by atoms with van der Waals surface area (Å²) in [7, 11) is 0. The number of ether oxygens (including phenoxy) is 1. The zero-order valence-electron chi connectivity index (χ0n) is 10.2. The Hall–Kier alpha value is -0.220. The van der Waals surface area contributed by atoms with Gasteiger partial charge in [0.05, 0.1) is 12.5 Å². The highest BCUT2D eigenvalue weighted by Gasteiger charge is 2.14. The molecule has 0 rings (SSSR count). The van der Waals surface area contributed by atoms with Crippen LogP contribution in [0, 0.1) is 5.92 Å². The van der Waals surface area contributed by atoms with Gasteiger partial charge in [-0.1, -0.05) is 6.92 Å². The second-order valence-electron chi connectivity index (χ2n) is 3.74. The van der Waals surface area contributed by atoms with Crippen LogP contribution in [0.15, 0.2) is 0 Å². The Balaban J connectivity index is 3.60. The first-order valence-corrected chi connectivity index (χ1v) is 6.90. The normalized spacial score (nSPS) is 14.7. The van der Waals surface area contributed by atoms with E-state index in [0.29, 0.717) is 19.2 Å². The Morgan fingerprint density at radius 2 is 2.13 bits per heavy atom. The van der Waals surface area contributed by atoms with Crippen LogP contribution in [0.25, 0.3) is 0 Å². The highest BCUT2D eigenvalue weighted by Crippen LogP contribution is 2.02. The number of esters is 1. The topological polar surface area (TPSA) is 38.3 Å². The van der Waals surface area contributed by atoms with Crippen molar-refractivity contribution in [3.8, 4) is 0 Å². The van der Waals surface area contributed by atoms with Crippen molar-refractivity contribution in [3.63, 3.8) is 0 Å². The van der Waals surface area contributed by atoms with Crippen LogP contribution < -0.4 is 5.32 Å². The molecule has 0 aromatic carbocycles. The van der Waals surface area contributed by atoms with E-state index in [1.807, 2.05) is 25.6 Å². The van der Waals surface area contributed by atoms with Gasteiger partial charge in [0.2, 0.25) is 0 Å². The van der Waals surface area contributed by atoms with Gasteiger partial charge in [-0.25, -0.2) is 0 Å². The minimum absolute atomic E-state index is 0.0540. The fourth-order valence-corrected chi connectivity index (χ4v) is 1.73. The highest BCUT2D eigenvalue weighted by molar-refractivity contribution is 7.98. The summed E-state index contributed by atoms with van der Waals surface area (Å²) < 4.78 is 4.93. The summed E-state index contributed by atoms with van der Waals surface area (Å²) in [6.07, 6.45) is 3.24. The van der Waals surface area contributed by atoms with Gasteiger partial charge in [0, 0.05) is 12.6 Å². The van der Waals surface area contributed by atoms with Crippen LogP contribution in [-0.4, -0.2) is 37.2 Å². The van der Waals surface area contributed by atoms with Gasteiger partial charge in [-0.3, -0.25) is 4.79 Å². The molecular weight excluding hydrogens is 210 g/mol. The first kappa shape index (κ1) is 14.8. The average molecular weight is 233 g/mol. The van der Waals surface area contributed by atoms with Crippen LogP contribution in [0.2, 0.25) is 0 Å². The van der Waals surface area contributed by atoms with Crippen molar-refractivity contribution in [1.82, 2.24) is 5.32 Å². The molecule has 0 fully saturated rings. The SMILES string of the molecule is CCOC(=O)C(C)CNC(C)CCSC. The zero-order chi connectivity index (χ0) is 11.7. The summed E-state index contributed by atoms with van der Waals surface area (Å²) in [5.41, 5.74) is 0. The van der Waals surface area contributed by atoms with Crippen LogP contribution in [-0.2, 0) is 9.53 Å². The van der Waals surface area contributed by atoms with Crippen molar-refractivity contribution < 1.29 is 9.53 Å². The van der Waals surface area contributed by atoms with Gasteiger partial charge < -0.3 is 10.1 Å². The lowest BCUT2D eigenvalue weighted by molar-refractivity contribution is -0.147. The second-order valence-corrected chi connectivity index (χ2v) is 4.73. The molecule has 1 N–H and O–H groups in total. The minimum atomic E-state index is -0.109. The van der Waals surface area contributed by atoms with E-state index in [0.717, 1.165) is 12.2 Å². The van der Waals surface area contributed by atoms with E-state index in [1.165, 1.54) is 0 Å². The molecule has 0 aliphatic carbocycles. The van der Waals surface area contributed by atoms with Crippen LogP contribution >= 0.6 is 11.8 Å². The molecule has 15 heavy (non-hydrogen) atoms. The molecule has 0 saturated carbocycles. The van der Waals surface area contributed by atoms with Crippen molar-refractivity contribution in [2.45, 2.75) is 33.2 Å². The third-order valence-electron chi connectivity index (χ3n) is 2.22. The molecule has 0 radical (unpaired) electrons. The Labute approximate surface area is 97.3 Å². The second kappa shape index (κ2) is 9.04. The lowest BCUT2D eigenvalue weighted by Crippen LogP contribution is -2.34. The Kier molecular flexibility index (Phi) is 8.91. The number of hydrogen-bond donors (Lipinski definition) is 1. The molecule has 0 aliphatic heterocycles. The maximum atomic E-state index is 11.3. The maximum absolute atomic E-state index is 11.3. The van der Waals surface area contributed by atoms with Gasteiger partial charge in [-0.2, -0.15) is 11.8 Å². The fraction of sp³-hybridized carbons (Fsp3) is 0.909. The number of hydrogen-bond acceptors (Lipinski definition) is 4. The summed E-state index contributed by atoms with van der Waals surface area (Å²) in [5, 5.41) is 3.34. The lowest BCUT2D eigenvalue weighted by atomic mass is 10.1. The van der Waals surface area contributed by atoms with Gasteiger partial charge >= 0.3 is 5.97 Å². The molecule has 0 aromatic heterocycles. The van der Waals surface area contributed by atoms with Crippen molar-refractivity contribution in [2.75, 3.05) is 25.2 Å². The van der Waals surface area contributed by atoms with Gasteiger partial charge in [0.15, 0.2) is 0 Å². The molecule has 0 heterocycles. The van der Waals surface area contributed by atoms with Crippen LogP contribution in [0.1, 0.15) is 27.2 Å². The molecule has 0 spiro atoms. The van der Waals surface area contributed by atoms with Crippen LogP contribution in [0.4, 0.5) is 0 Å². The smallest absolute Gasteiger partial charge is 0.309 e. The van der Waals surface area contributed by atoms with Gasteiger partial charge in [0.1, 0.15) is 0 Å². The molecule has 0 amide bonds. The molecular formula is C11H23NO2S. The standard InChI is InChI=1S/C11H23NO2S/c1-5-14-11(13)9(2)8-12-10(3)6-7-15-4/h9-10,12H,5-8H2,1-4H3. The molecule has 0 aromatic rings. The Morgan fingerprint density at radius 3 is 2.67 bits per heavy atom. The monoisotopic (exact) mass is 233 g/mol. The first-order valence-electron chi connectivity index (χ1n) is 5.50. The third-order valence-corrected chi connectivity index (χ3v) is 2.86. The summed E-state index contributed by atoms with van der Waals surface area (Å²) in [4.78, 5) is 11.3. The van der Waals surface area contributed by atoms with Crippen molar-refractivity contribution in [1.29, 1.82) is 0 Å². The number of carbonyl (C=O) groups is 1. The summed E-state index contributed by atoms with van der Waals surface area (Å²) in [6.45, 7) is 7.04. The Morgan fingerprint density at radius 1 is 1.47 bits per heavy atom. The molecule has 4 heteroatoms. The van der Waals surface area contributed by atoms with Crippen molar-refractivity contribution in [2.24, 2.45) is 5.92 Å². The number of carbonyl (C=O) groups excluding carboxylic acids is 1. The zero-order valence-corrected chi connectivity index (χ0v) is 11.0. The number of thioether (sulfide) groups is 1. The highest BCUT2D eigenvalue weighted by atomic mass is 32.2. The van der Waals surface area contributed by atoms with E-state index in [4.69, 9.17) is 4.74 Å². The molecule has 90 valence electrons. The van der Waals surface area contributed by atoms with Gasteiger partial charge in [-0.05, 0) is 32.3 Å². The molecule has 0 bridgehead atoms. The molecule has 0 saturated heterocycles. The molecule has 0 aliphatic rings. The van der Waals surface area contributed by atoms with Crippen molar-refractivity contribution in [3.05, 3.63) is 0 Å². The first-order chi connectivity index (χ1) is 7.11. The lowest BCUT2D eigenvalue weighted by Gasteiger charge is -2.16. The molecule has 2 unspecified atom stereocenters. The number of rotatable bonds is 8. The van der Waals surface area contributed by atoms with Crippen molar-refractivity contribution >= 4 is 17.7 Å². The van der Waals surface area contributed by atoms with Gasteiger partial charge in [0.25, 0.3) is 0 Å². The fourth-order valence-electron chi connectivity index (χ4n) is 1.14. The van der Waals surface area contributed by atoms with E-state index in [2.05, 4.69) is 18.5 Å². The summed E-state index contributed by atoms with van der Waals surface area (Å²) in [5.74, 6) is 0.992. The largest absolute Gasteiger partial charge is 0.466 e. The molecule has 2 atom stereocenters. The number of nitrogens with one attached hydrogen (secondary N) is 1. The van der Waals surface area contributed by atoms with E-state index in [-0.39, 0.29) is 11.9 Å². The van der Waals surface area contributed by atoms with E-state index >= 15 is 0 Å². The van der Waals surface area contributed by atoms with Crippen LogP contribution in [0.5, 0.6) is 0 Å². The van der Waals surface area contributed by atoms with Gasteiger partial charge in [-0.15, -0.1) is 0 Å². The molecule has 3 nitrogen and oxygen atoms in total. The quantitative estimate of drug-likeness (QED) is 0.650. The minimum Gasteiger partial charge on any atom is -0.466 e. The summed E-state index contributed by atoms with van der Waals surface area (Å²) >= 11 is 1.85.